The van der Waals surface area contributed by atoms with E-state index in [1.807, 2.05) is 0 Å². The van der Waals surface area contributed by atoms with E-state index >= 15 is 0 Å². The van der Waals surface area contributed by atoms with E-state index in [-0.39, 0.29) is 0 Å². The average Bonchev–Trinajstić information content (AvgIpc) is 2.72. The largest absolute Gasteiger partial charge is 0.360 e. The molecular weight excluding hydrogens is 148 g/mol. The monoisotopic (exact) mass is 166 g/mol. The molecule has 1 N–H and O–H groups in total. The molecule has 2 heteroatoms. The van der Waals surface area contributed by atoms with Crippen molar-refractivity contribution in [3.63, 3.8) is 0 Å². The Labute approximate surface area is 74.5 Å². The second-order valence-electron chi connectivity index (χ2n) is 4.32. The highest BCUT2D eigenvalue weighted by Gasteiger charge is 2.34. The number of amidine groups is 1. The molecule has 0 radical (unpaired) electrons. The summed E-state index contributed by atoms with van der Waals surface area (Å²) in [5.74, 6) is 2.73. The van der Waals surface area contributed by atoms with Gasteiger partial charge in [-0.2, -0.15) is 0 Å². The number of hydrogen-bond acceptors (Lipinski definition) is 1. The molecule has 0 spiro atoms. The Bertz CT molecular complexity index is 188. The van der Waals surface area contributed by atoms with Crippen LogP contribution in [0.15, 0.2) is 0 Å². The molecule has 1 saturated heterocycles. The lowest BCUT2D eigenvalue weighted by atomic mass is 10.1. The maximum atomic E-state index is 7.76. The second kappa shape index (κ2) is 3.08. The molecule has 68 valence electrons. The minimum atomic E-state index is 0.889. The summed E-state index contributed by atoms with van der Waals surface area (Å²) in [6.07, 6.45) is 4.93. The highest BCUT2D eigenvalue weighted by molar-refractivity contribution is 5.79. The predicted molar refractivity (Wildman–Crippen MR) is 50.4 cm³/mol. The number of likely N-dealkylation sites (tertiary alicyclic amines) is 1. The van der Waals surface area contributed by atoms with Crippen LogP contribution in [0, 0.1) is 17.2 Å². The van der Waals surface area contributed by atoms with Crippen LogP contribution < -0.4 is 0 Å². The first-order valence-electron chi connectivity index (χ1n) is 5.10. The van der Waals surface area contributed by atoms with E-state index in [9.17, 15) is 0 Å². The highest BCUT2D eigenvalue weighted by Crippen LogP contribution is 2.38. The van der Waals surface area contributed by atoms with Gasteiger partial charge < -0.3 is 4.90 Å². The minimum Gasteiger partial charge on any atom is -0.360 e. The van der Waals surface area contributed by atoms with Gasteiger partial charge in [-0.3, -0.25) is 5.41 Å². The quantitative estimate of drug-likeness (QED) is 0.668. The Hall–Kier alpha value is -0.530. The molecule has 1 saturated carbocycles. The van der Waals surface area contributed by atoms with E-state index in [0.29, 0.717) is 0 Å². The van der Waals surface area contributed by atoms with Crippen LogP contribution in [0.3, 0.4) is 0 Å². The van der Waals surface area contributed by atoms with Crippen molar-refractivity contribution in [2.75, 3.05) is 13.1 Å². The van der Waals surface area contributed by atoms with Gasteiger partial charge in [-0.05, 0) is 31.1 Å². The molecule has 2 rings (SSSR count). The van der Waals surface area contributed by atoms with Crippen LogP contribution in [0.2, 0.25) is 0 Å². The van der Waals surface area contributed by atoms with Crippen molar-refractivity contribution < 1.29 is 0 Å². The van der Waals surface area contributed by atoms with Gasteiger partial charge in [0.25, 0.3) is 0 Å². The van der Waals surface area contributed by atoms with E-state index in [2.05, 4.69) is 11.8 Å². The van der Waals surface area contributed by atoms with Crippen LogP contribution >= 0.6 is 0 Å². The Morgan fingerprint density at radius 2 is 2.25 bits per heavy atom. The average molecular weight is 166 g/mol. The lowest BCUT2D eigenvalue weighted by Gasteiger charge is -2.29. The minimum absolute atomic E-state index is 0.889. The Morgan fingerprint density at radius 1 is 1.50 bits per heavy atom. The summed E-state index contributed by atoms with van der Waals surface area (Å²) in [6, 6.07) is 0. The number of nitrogens with one attached hydrogen (secondary N) is 1. The van der Waals surface area contributed by atoms with Crippen molar-refractivity contribution in [3.8, 4) is 0 Å². The van der Waals surface area contributed by atoms with Crippen LogP contribution in [0.4, 0.5) is 0 Å². The molecule has 1 heterocycles. The zero-order valence-electron chi connectivity index (χ0n) is 7.84. The van der Waals surface area contributed by atoms with Crippen LogP contribution in [-0.4, -0.2) is 23.8 Å². The van der Waals surface area contributed by atoms with Crippen LogP contribution in [0.5, 0.6) is 0 Å². The van der Waals surface area contributed by atoms with Gasteiger partial charge in [-0.25, -0.2) is 0 Å². The van der Waals surface area contributed by atoms with E-state index in [1.165, 1.54) is 25.8 Å². The Morgan fingerprint density at radius 3 is 2.83 bits per heavy atom. The van der Waals surface area contributed by atoms with Gasteiger partial charge >= 0.3 is 0 Å². The van der Waals surface area contributed by atoms with Crippen molar-refractivity contribution in [2.45, 2.75) is 32.6 Å². The Kier molecular flexibility index (Phi) is 2.07. The summed E-state index contributed by atoms with van der Waals surface area (Å²) < 4.78 is 0. The SMILES string of the molecule is CC1CC1CN1CCCCC1=N. The van der Waals surface area contributed by atoms with Crippen molar-refractivity contribution in [1.29, 1.82) is 5.41 Å². The molecule has 12 heavy (non-hydrogen) atoms. The van der Waals surface area contributed by atoms with Crippen LogP contribution in [-0.2, 0) is 0 Å². The predicted octanol–water partition coefficient (Wildman–Crippen LogP) is 2.11. The van der Waals surface area contributed by atoms with Gasteiger partial charge in [0.05, 0.1) is 5.84 Å². The number of nitrogens with zero attached hydrogens (tertiary/aromatic N) is 1. The molecule has 0 amide bonds. The topological polar surface area (TPSA) is 27.1 Å². The summed E-state index contributed by atoms with van der Waals surface area (Å²) >= 11 is 0. The van der Waals surface area contributed by atoms with Crippen molar-refractivity contribution in [1.82, 2.24) is 4.90 Å². The molecule has 1 aliphatic carbocycles. The Balaban J connectivity index is 1.81. The zero-order chi connectivity index (χ0) is 8.55. The molecule has 0 bridgehead atoms. The molecule has 2 fully saturated rings. The molecule has 0 aromatic carbocycles. The number of rotatable bonds is 2. The van der Waals surface area contributed by atoms with Crippen molar-refractivity contribution in [3.05, 3.63) is 0 Å². The lowest BCUT2D eigenvalue weighted by molar-refractivity contribution is 0.348. The molecule has 2 atom stereocenters. The third-order valence-corrected chi connectivity index (χ3v) is 3.20. The molecule has 2 unspecified atom stereocenters. The zero-order valence-corrected chi connectivity index (χ0v) is 7.84. The summed E-state index contributed by atoms with van der Waals surface area (Å²) in [5, 5.41) is 7.76. The number of hydrogen-bond donors (Lipinski definition) is 1. The summed E-state index contributed by atoms with van der Waals surface area (Å²) in [4.78, 5) is 2.29. The van der Waals surface area contributed by atoms with Gasteiger partial charge in [0, 0.05) is 19.5 Å². The van der Waals surface area contributed by atoms with E-state index < -0.39 is 0 Å². The van der Waals surface area contributed by atoms with Crippen molar-refractivity contribution in [2.24, 2.45) is 11.8 Å². The smallest absolute Gasteiger partial charge is 0.0957 e. The maximum Gasteiger partial charge on any atom is 0.0957 e. The van der Waals surface area contributed by atoms with Gasteiger partial charge in [-0.1, -0.05) is 6.92 Å². The third-order valence-electron chi connectivity index (χ3n) is 3.20. The maximum absolute atomic E-state index is 7.76. The second-order valence-corrected chi connectivity index (χ2v) is 4.32. The molecule has 1 aliphatic heterocycles. The van der Waals surface area contributed by atoms with E-state index in [4.69, 9.17) is 5.41 Å². The fraction of sp³-hybridized carbons (Fsp3) is 0.900. The first kappa shape index (κ1) is 8.09. The third kappa shape index (κ3) is 1.62. The molecule has 0 aromatic rings. The fourth-order valence-corrected chi connectivity index (χ4v) is 2.03. The number of piperidine rings is 1. The molecule has 2 nitrogen and oxygen atoms in total. The van der Waals surface area contributed by atoms with E-state index in [1.54, 1.807) is 0 Å². The molecular formula is C10H18N2. The summed E-state index contributed by atoms with van der Waals surface area (Å²) in [7, 11) is 0. The van der Waals surface area contributed by atoms with Crippen molar-refractivity contribution >= 4 is 5.84 Å². The van der Waals surface area contributed by atoms with Gasteiger partial charge in [-0.15, -0.1) is 0 Å². The van der Waals surface area contributed by atoms with Crippen LogP contribution in [0.25, 0.3) is 0 Å². The standard InChI is InChI=1S/C10H18N2/c1-8-6-9(8)7-12-5-3-2-4-10(12)11/h8-9,11H,2-7H2,1H3. The summed E-state index contributed by atoms with van der Waals surface area (Å²) in [5.41, 5.74) is 0. The molecule has 0 aromatic heterocycles. The lowest BCUT2D eigenvalue weighted by Crippen LogP contribution is -2.36. The van der Waals surface area contributed by atoms with E-state index in [0.717, 1.165) is 30.6 Å². The fourth-order valence-electron chi connectivity index (χ4n) is 2.03. The van der Waals surface area contributed by atoms with Gasteiger partial charge in [0.15, 0.2) is 0 Å². The van der Waals surface area contributed by atoms with Crippen LogP contribution in [0.1, 0.15) is 32.6 Å². The highest BCUT2D eigenvalue weighted by atomic mass is 15.2. The van der Waals surface area contributed by atoms with Gasteiger partial charge in [0.2, 0.25) is 0 Å². The van der Waals surface area contributed by atoms with Gasteiger partial charge in [0.1, 0.15) is 0 Å². The summed E-state index contributed by atoms with van der Waals surface area (Å²) in [6.45, 7) is 4.63. The normalized spacial score (nSPS) is 35.4. The first-order chi connectivity index (χ1) is 5.77. The first-order valence-corrected chi connectivity index (χ1v) is 5.10. The molecule has 2 aliphatic rings.